The first-order valence-corrected chi connectivity index (χ1v) is 5.27. The summed E-state index contributed by atoms with van der Waals surface area (Å²) in [6.45, 7) is 5.59. The average Bonchev–Trinajstić information content (AvgIpc) is 2.19. The van der Waals surface area contributed by atoms with Crippen LogP contribution in [0.3, 0.4) is 0 Å². The molecule has 1 atom stereocenters. The summed E-state index contributed by atoms with van der Waals surface area (Å²) in [4.78, 5) is 11.6. The SMILES string of the molecule is C/C=C/C(C)(Cc1ccccc1)C(C)=O. The lowest BCUT2D eigenvalue weighted by molar-refractivity contribution is -0.123. The van der Waals surface area contributed by atoms with E-state index < -0.39 is 0 Å². The van der Waals surface area contributed by atoms with Crippen molar-refractivity contribution in [2.45, 2.75) is 27.2 Å². The highest BCUT2D eigenvalue weighted by Crippen LogP contribution is 2.25. The van der Waals surface area contributed by atoms with Crippen molar-refractivity contribution >= 4 is 5.78 Å². The minimum absolute atomic E-state index is 0.212. The molecule has 0 saturated heterocycles. The Morgan fingerprint density at radius 1 is 1.33 bits per heavy atom. The molecule has 1 aromatic carbocycles. The molecule has 0 spiro atoms. The maximum atomic E-state index is 11.6. The largest absolute Gasteiger partial charge is 0.299 e. The number of hydrogen-bond acceptors (Lipinski definition) is 1. The van der Waals surface area contributed by atoms with E-state index in [-0.39, 0.29) is 11.2 Å². The lowest BCUT2D eigenvalue weighted by Crippen LogP contribution is -2.25. The van der Waals surface area contributed by atoms with Gasteiger partial charge in [0.25, 0.3) is 0 Å². The third-order valence-corrected chi connectivity index (χ3v) is 2.75. The smallest absolute Gasteiger partial charge is 0.139 e. The molecule has 0 fully saturated rings. The third-order valence-electron chi connectivity index (χ3n) is 2.75. The van der Waals surface area contributed by atoms with Crippen LogP contribution >= 0.6 is 0 Å². The molecule has 0 aromatic heterocycles. The number of benzene rings is 1. The monoisotopic (exact) mass is 202 g/mol. The number of rotatable bonds is 4. The zero-order valence-corrected chi connectivity index (χ0v) is 9.66. The first-order valence-electron chi connectivity index (χ1n) is 5.27. The zero-order chi connectivity index (χ0) is 11.3. The van der Waals surface area contributed by atoms with Crippen LogP contribution in [0.5, 0.6) is 0 Å². The van der Waals surface area contributed by atoms with E-state index in [9.17, 15) is 4.79 Å². The molecule has 15 heavy (non-hydrogen) atoms. The minimum Gasteiger partial charge on any atom is -0.299 e. The van der Waals surface area contributed by atoms with Gasteiger partial charge in [0.05, 0.1) is 0 Å². The van der Waals surface area contributed by atoms with Crippen LogP contribution in [-0.2, 0) is 11.2 Å². The van der Waals surface area contributed by atoms with E-state index in [0.29, 0.717) is 0 Å². The second-order valence-electron chi connectivity index (χ2n) is 4.14. The van der Waals surface area contributed by atoms with Gasteiger partial charge >= 0.3 is 0 Å². The Morgan fingerprint density at radius 3 is 2.40 bits per heavy atom. The molecule has 0 amide bonds. The van der Waals surface area contributed by atoms with Gasteiger partial charge in [-0.3, -0.25) is 4.79 Å². The Morgan fingerprint density at radius 2 is 1.93 bits per heavy atom. The Labute approximate surface area is 91.8 Å². The first-order chi connectivity index (χ1) is 7.08. The minimum atomic E-state index is -0.365. The second kappa shape index (κ2) is 4.92. The Kier molecular flexibility index (Phi) is 3.84. The summed E-state index contributed by atoms with van der Waals surface area (Å²) in [6, 6.07) is 10.1. The number of allylic oxidation sites excluding steroid dienone is 2. The van der Waals surface area contributed by atoms with Crippen LogP contribution in [0, 0.1) is 5.41 Å². The molecular weight excluding hydrogens is 184 g/mol. The average molecular weight is 202 g/mol. The summed E-state index contributed by atoms with van der Waals surface area (Å²) in [7, 11) is 0. The lowest BCUT2D eigenvalue weighted by atomic mass is 9.80. The van der Waals surface area contributed by atoms with E-state index in [1.807, 2.05) is 44.2 Å². The van der Waals surface area contributed by atoms with Gasteiger partial charge in [0.15, 0.2) is 0 Å². The van der Waals surface area contributed by atoms with Crippen molar-refractivity contribution in [3.63, 3.8) is 0 Å². The Hall–Kier alpha value is -1.37. The fourth-order valence-corrected chi connectivity index (χ4v) is 1.69. The Balaban J connectivity index is 2.90. The van der Waals surface area contributed by atoms with Crippen LogP contribution in [0.2, 0.25) is 0 Å². The summed E-state index contributed by atoms with van der Waals surface area (Å²) >= 11 is 0. The first kappa shape index (κ1) is 11.7. The van der Waals surface area contributed by atoms with Crippen molar-refractivity contribution in [1.29, 1.82) is 0 Å². The second-order valence-corrected chi connectivity index (χ2v) is 4.14. The van der Waals surface area contributed by atoms with Crippen molar-refractivity contribution in [3.05, 3.63) is 48.0 Å². The van der Waals surface area contributed by atoms with Crippen molar-refractivity contribution in [2.24, 2.45) is 5.41 Å². The number of hydrogen-bond donors (Lipinski definition) is 0. The number of Topliss-reactive ketones (excluding diaryl/α,β-unsaturated/α-hetero) is 1. The Bertz CT molecular complexity index is 351. The molecule has 1 nitrogen and oxygen atoms in total. The molecular formula is C14H18O. The van der Waals surface area contributed by atoms with E-state index in [2.05, 4.69) is 12.1 Å². The molecule has 1 unspecified atom stereocenters. The summed E-state index contributed by atoms with van der Waals surface area (Å²) in [5.41, 5.74) is 0.837. The van der Waals surface area contributed by atoms with Crippen LogP contribution in [0.4, 0.5) is 0 Å². The normalized spacial score (nSPS) is 15.1. The molecule has 0 aliphatic rings. The van der Waals surface area contributed by atoms with E-state index in [4.69, 9.17) is 0 Å². The van der Waals surface area contributed by atoms with Gasteiger partial charge in [-0.1, -0.05) is 42.5 Å². The van der Waals surface area contributed by atoms with Gasteiger partial charge in [-0.15, -0.1) is 0 Å². The molecule has 80 valence electrons. The van der Waals surface area contributed by atoms with Crippen LogP contribution in [0.25, 0.3) is 0 Å². The van der Waals surface area contributed by atoms with Gasteiger partial charge in [-0.25, -0.2) is 0 Å². The lowest BCUT2D eigenvalue weighted by Gasteiger charge is -2.22. The maximum Gasteiger partial charge on any atom is 0.139 e. The topological polar surface area (TPSA) is 17.1 Å². The van der Waals surface area contributed by atoms with Gasteiger partial charge in [0, 0.05) is 5.41 Å². The fraction of sp³-hybridized carbons (Fsp3) is 0.357. The number of carbonyl (C=O) groups excluding carboxylic acids is 1. The van der Waals surface area contributed by atoms with Crippen LogP contribution in [-0.4, -0.2) is 5.78 Å². The molecule has 0 heterocycles. The van der Waals surface area contributed by atoms with E-state index in [0.717, 1.165) is 6.42 Å². The molecule has 0 aliphatic carbocycles. The molecule has 0 aliphatic heterocycles. The summed E-state index contributed by atoms with van der Waals surface area (Å²) in [5.74, 6) is 0.212. The maximum absolute atomic E-state index is 11.6. The molecule has 0 bridgehead atoms. The predicted octanol–water partition coefficient (Wildman–Crippen LogP) is 3.40. The van der Waals surface area contributed by atoms with E-state index in [1.165, 1.54) is 5.56 Å². The zero-order valence-electron chi connectivity index (χ0n) is 9.66. The third kappa shape index (κ3) is 3.05. The highest BCUT2D eigenvalue weighted by Gasteiger charge is 2.26. The van der Waals surface area contributed by atoms with Crippen molar-refractivity contribution in [3.8, 4) is 0 Å². The van der Waals surface area contributed by atoms with Crippen LogP contribution in [0.15, 0.2) is 42.5 Å². The summed E-state index contributed by atoms with van der Waals surface area (Å²) in [5, 5.41) is 0. The van der Waals surface area contributed by atoms with Gasteiger partial charge in [-0.05, 0) is 32.8 Å². The van der Waals surface area contributed by atoms with Gasteiger partial charge < -0.3 is 0 Å². The van der Waals surface area contributed by atoms with Crippen LogP contribution < -0.4 is 0 Å². The molecule has 1 rings (SSSR count). The van der Waals surface area contributed by atoms with Gasteiger partial charge in [0.1, 0.15) is 5.78 Å². The number of ketones is 1. The number of carbonyl (C=O) groups is 1. The van der Waals surface area contributed by atoms with Gasteiger partial charge in [0.2, 0.25) is 0 Å². The van der Waals surface area contributed by atoms with E-state index >= 15 is 0 Å². The summed E-state index contributed by atoms with van der Waals surface area (Å²) in [6.07, 6.45) is 4.71. The van der Waals surface area contributed by atoms with Gasteiger partial charge in [-0.2, -0.15) is 0 Å². The highest BCUT2D eigenvalue weighted by molar-refractivity contribution is 5.84. The summed E-state index contributed by atoms with van der Waals surface area (Å²) < 4.78 is 0. The van der Waals surface area contributed by atoms with Crippen molar-refractivity contribution in [2.75, 3.05) is 0 Å². The molecule has 0 N–H and O–H groups in total. The quantitative estimate of drug-likeness (QED) is 0.684. The standard InChI is InChI=1S/C14H18O/c1-4-10-14(3,12(2)15)11-13-8-6-5-7-9-13/h4-10H,11H2,1-3H3/b10-4+. The van der Waals surface area contributed by atoms with Crippen molar-refractivity contribution in [1.82, 2.24) is 0 Å². The molecule has 1 aromatic rings. The van der Waals surface area contributed by atoms with Crippen LogP contribution in [0.1, 0.15) is 26.3 Å². The van der Waals surface area contributed by atoms with E-state index in [1.54, 1.807) is 6.92 Å². The predicted molar refractivity (Wildman–Crippen MR) is 63.7 cm³/mol. The fourth-order valence-electron chi connectivity index (χ4n) is 1.69. The molecule has 0 radical (unpaired) electrons. The molecule has 0 saturated carbocycles. The highest BCUT2D eigenvalue weighted by atomic mass is 16.1. The molecule has 1 heteroatoms. The van der Waals surface area contributed by atoms with Crippen molar-refractivity contribution < 1.29 is 4.79 Å².